The molecule has 1 aromatic carbocycles. The highest BCUT2D eigenvalue weighted by Crippen LogP contribution is 2.29. The van der Waals surface area contributed by atoms with E-state index in [9.17, 15) is 13.2 Å². The van der Waals surface area contributed by atoms with Crippen LogP contribution < -0.4 is 10.0 Å². The first kappa shape index (κ1) is 22.1. The molecule has 1 aromatic rings. The standard InChI is InChI=1S/C18H27N3O4S.ClH/c1-21(16-11-14-5-6-15(12-16)20-14)18(22)13-3-7-17(8-4-13)26(23,24)19-9-10-25-2;/h3-4,7-8,14-16,19-20H,5-6,9-12H2,1-2H3;1H. The lowest BCUT2D eigenvalue weighted by atomic mass is 9.98. The van der Waals surface area contributed by atoms with E-state index in [2.05, 4.69) is 10.0 Å². The Morgan fingerprint density at radius 2 is 1.81 bits per heavy atom. The van der Waals surface area contributed by atoms with Gasteiger partial charge in [-0.1, -0.05) is 0 Å². The summed E-state index contributed by atoms with van der Waals surface area (Å²) in [4.78, 5) is 14.7. The predicted molar refractivity (Wildman–Crippen MR) is 106 cm³/mol. The van der Waals surface area contributed by atoms with E-state index < -0.39 is 10.0 Å². The van der Waals surface area contributed by atoms with Crippen molar-refractivity contribution < 1.29 is 17.9 Å². The van der Waals surface area contributed by atoms with E-state index in [1.807, 2.05) is 11.9 Å². The molecule has 0 saturated carbocycles. The maximum atomic E-state index is 12.8. The number of nitrogens with one attached hydrogen (secondary N) is 2. The number of benzene rings is 1. The number of hydrogen-bond donors (Lipinski definition) is 2. The average molecular weight is 418 g/mol. The Kier molecular flexibility index (Phi) is 7.64. The first-order valence-corrected chi connectivity index (χ1v) is 10.5. The summed E-state index contributed by atoms with van der Waals surface area (Å²) < 4.78 is 31.7. The van der Waals surface area contributed by atoms with Crippen LogP contribution in [0.15, 0.2) is 29.2 Å². The quantitative estimate of drug-likeness (QED) is 0.654. The Hall–Kier alpha value is -1.19. The molecule has 7 nitrogen and oxygen atoms in total. The molecule has 9 heteroatoms. The second-order valence-electron chi connectivity index (χ2n) is 7.09. The predicted octanol–water partition coefficient (Wildman–Crippen LogP) is 1.39. The van der Waals surface area contributed by atoms with Crippen molar-refractivity contribution in [2.45, 2.75) is 48.7 Å². The van der Waals surface area contributed by atoms with Crippen LogP contribution in [0.1, 0.15) is 36.0 Å². The molecule has 2 fully saturated rings. The third kappa shape index (κ3) is 5.20. The summed E-state index contributed by atoms with van der Waals surface area (Å²) in [6.45, 7) is 0.513. The van der Waals surface area contributed by atoms with Crippen molar-refractivity contribution >= 4 is 28.3 Å². The molecule has 2 atom stereocenters. The number of ether oxygens (including phenoxy) is 1. The van der Waals surface area contributed by atoms with Gasteiger partial charge in [-0.3, -0.25) is 4.79 Å². The Morgan fingerprint density at radius 1 is 1.22 bits per heavy atom. The van der Waals surface area contributed by atoms with Gasteiger partial charge in [-0.05, 0) is 49.9 Å². The van der Waals surface area contributed by atoms with Crippen LogP contribution in [0.5, 0.6) is 0 Å². The monoisotopic (exact) mass is 417 g/mol. The van der Waals surface area contributed by atoms with E-state index in [4.69, 9.17) is 4.74 Å². The van der Waals surface area contributed by atoms with Crippen LogP contribution in [-0.2, 0) is 14.8 Å². The van der Waals surface area contributed by atoms with Crippen LogP contribution in [0.4, 0.5) is 0 Å². The Labute approximate surface area is 167 Å². The molecule has 2 aliphatic rings. The smallest absolute Gasteiger partial charge is 0.253 e. The van der Waals surface area contributed by atoms with Gasteiger partial charge >= 0.3 is 0 Å². The van der Waals surface area contributed by atoms with E-state index in [1.165, 1.54) is 32.1 Å². The maximum Gasteiger partial charge on any atom is 0.253 e. The number of rotatable bonds is 7. The molecule has 0 aromatic heterocycles. The Bertz CT molecular complexity index is 729. The van der Waals surface area contributed by atoms with Gasteiger partial charge in [-0.2, -0.15) is 0 Å². The van der Waals surface area contributed by atoms with Crippen molar-refractivity contribution in [1.29, 1.82) is 0 Å². The van der Waals surface area contributed by atoms with Gasteiger partial charge in [-0.25, -0.2) is 13.1 Å². The van der Waals surface area contributed by atoms with Crippen molar-refractivity contribution in [1.82, 2.24) is 14.9 Å². The van der Waals surface area contributed by atoms with Crippen molar-refractivity contribution in [3.8, 4) is 0 Å². The van der Waals surface area contributed by atoms with Gasteiger partial charge in [-0.15, -0.1) is 12.4 Å². The van der Waals surface area contributed by atoms with Gasteiger partial charge < -0.3 is 15.0 Å². The topological polar surface area (TPSA) is 87.7 Å². The van der Waals surface area contributed by atoms with Crippen molar-refractivity contribution in [2.75, 3.05) is 27.3 Å². The van der Waals surface area contributed by atoms with Crippen LogP contribution >= 0.6 is 12.4 Å². The van der Waals surface area contributed by atoms with Gasteiger partial charge in [0.15, 0.2) is 0 Å². The van der Waals surface area contributed by atoms with Gasteiger partial charge in [0.2, 0.25) is 10.0 Å². The number of nitrogens with zero attached hydrogens (tertiary/aromatic N) is 1. The van der Waals surface area contributed by atoms with E-state index in [-0.39, 0.29) is 35.8 Å². The highest BCUT2D eigenvalue weighted by Gasteiger charge is 2.36. The average Bonchev–Trinajstić information content (AvgIpc) is 2.98. The van der Waals surface area contributed by atoms with Gasteiger partial charge in [0.1, 0.15) is 0 Å². The molecule has 2 unspecified atom stereocenters. The SMILES string of the molecule is COCCNS(=O)(=O)c1ccc(C(=O)N(C)C2CC3CCC(C2)N3)cc1.Cl. The fraction of sp³-hybridized carbons (Fsp3) is 0.611. The number of carbonyl (C=O) groups excluding carboxylic acids is 1. The minimum atomic E-state index is -3.59. The second kappa shape index (κ2) is 9.34. The second-order valence-corrected chi connectivity index (χ2v) is 8.86. The number of carbonyl (C=O) groups is 1. The number of halogens is 1. The number of hydrogen-bond acceptors (Lipinski definition) is 5. The molecule has 2 aliphatic heterocycles. The largest absolute Gasteiger partial charge is 0.383 e. The fourth-order valence-corrected chi connectivity index (χ4v) is 4.86. The van der Waals surface area contributed by atoms with Gasteiger partial charge in [0.25, 0.3) is 5.91 Å². The van der Waals surface area contributed by atoms with Gasteiger partial charge in [0.05, 0.1) is 11.5 Å². The molecule has 0 radical (unpaired) electrons. The molecular formula is C18H28ClN3O4S. The molecule has 152 valence electrons. The zero-order chi connectivity index (χ0) is 18.7. The lowest BCUT2D eigenvalue weighted by Crippen LogP contribution is -2.48. The number of fused-ring (bicyclic) bond motifs is 2. The summed E-state index contributed by atoms with van der Waals surface area (Å²) in [5, 5.41) is 3.58. The lowest BCUT2D eigenvalue weighted by molar-refractivity contribution is 0.0681. The number of piperidine rings is 1. The van der Waals surface area contributed by atoms with Crippen molar-refractivity contribution in [2.24, 2.45) is 0 Å². The first-order valence-electron chi connectivity index (χ1n) is 9.02. The molecule has 2 N–H and O–H groups in total. The third-order valence-corrected chi connectivity index (χ3v) is 6.80. The van der Waals surface area contributed by atoms with Gasteiger partial charge in [0, 0.05) is 44.4 Å². The van der Waals surface area contributed by atoms with Crippen LogP contribution in [-0.4, -0.2) is 64.7 Å². The van der Waals surface area contributed by atoms with Crippen LogP contribution in [0.25, 0.3) is 0 Å². The zero-order valence-electron chi connectivity index (χ0n) is 15.7. The van der Waals surface area contributed by atoms with Crippen molar-refractivity contribution in [3.05, 3.63) is 29.8 Å². The summed E-state index contributed by atoms with van der Waals surface area (Å²) in [7, 11) is -0.230. The van der Waals surface area contributed by atoms with Crippen LogP contribution in [0.3, 0.4) is 0 Å². The van der Waals surface area contributed by atoms with E-state index >= 15 is 0 Å². The van der Waals surface area contributed by atoms with E-state index in [0.717, 1.165) is 12.8 Å². The van der Waals surface area contributed by atoms with Crippen LogP contribution in [0, 0.1) is 0 Å². The molecule has 0 spiro atoms. The summed E-state index contributed by atoms with van der Waals surface area (Å²) >= 11 is 0. The Morgan fingerprint density at radius 3 is 2.37 bits per heavy atom. The normalized spacial score (nSPS) is 24.3. The minimum absolute atomic E-state index is 0. The molecule has 1 amide bonds. The molecule has 2 heterocycles. The molecule has 27 heavy (non-hydrogen) atoms. The molecule has 2 bridgehead atoms. The van der Waals surface area contributed by atoms with E-state index in [1.54, 1.807) is 12.1 Å². The Balaban J connectivity index is 0.00000261. The molecular weight excluding hydrogens is 390 g/mol. The highest BCUT2D eigenvalue weighted by molar-refractivity contribution is 7.89. The van der Waals surface area contributed by atoms with Crippen molar-refractivity contribution in [3.63, 3.8) is 0 Å². The van der Waals surface area contributed by atoms with Crippen LogP contribution in [0.2, 0.25) is 0 Å². The highest BCUT2D eigenvalue weighted by atomic mass is 35.5. The minimum Gasteiger partial charge on any atom is -0.383 e. The summed E-state index contributed by atoms with van der Waals surface area (Å²) in [6, 6.07) is 7.38. The fourth-order valence-electron chi connectivity index (χ4n) is 3.85. The number of methoxy groups -OCH3 is 1. The first-order chi connectivity index (χ1) is 12.4. The molecule has 0 aliphatic carbocycles. The summed E-state index contributed by atoms with van der Waals surface area (Å²) in [6.07, 6.45) is 4.33. The third-order valence-electron chi connectivity index (χ3n) is 5.33. The summed E-state index contributed by atoms with van der Waals surface area (Å²) in [5.41, 5.74) is 0.509. The van der Waals surface area contributed by atoms with E-state index in [0.29, 0.717) is 24.3 Å². The lowest BCUT2D eigenvalue weighted by Gasteiger charge is -2.35. The zero-order valence-corrected chi connectivity index (χ0v) is 17.3. The summed E-state index contributed by atoms with van der Waals surface area (Å²) in [5.74, 6) is -0.0624. The number of sulfonamides is 1. The molecule has 3 rings (SSSR count). The number of amides is 1. The maximum absolute atomic E-state index is 12.8. The molecule has 2 saturated heterocycles.